The van der Waals surface area contributed by atoms with Gasteiger partial charge in [-0.15, -0.1) is 0 Å². The Labute approximate surface area is 369 Å². The Kier molecular flexibility index (Phi) is 8.69. The largest absolute Gasteiger partial charge is 0.310 e. The lowest BCUT2D eigenvalue weighted by molar-refractivity contribution is 0.627. The summed E-state index contributed by atoms with van der Waals surface area (Å²) in [5, 5.41) is 0. The molecular formula is C62H43N. The van der Waals surface area contributed by atoms with Crippen LogP contribution in [0.25, 0.3) is 33.4 Å². The number of nitrogens with zero attached hydrogens (tertiary/aromatic N) is 1. The van der Waals surface area contributed by atoms with E-state index in [9.17, 15) is 0 Å². The predicted octanol–water partition coefficient (Wildman–Crippen LogP) is 15.5. The van der Waals surface area contributed by atoms with Gasteiger partial charge in [0.15, 0.2) is 0 Å². The van der Waals surface area contributed by atoms with Crippen LogP contribution in [0.1, 0.15) is 44.5 Å². The van der Waals surface area contributed by atoms with E-state index >= 15 is 0 Å². The Morgan fingerprint density at radius 3 is 1.32 bits per heavy atom. The van der Waals surface area contributed by atoms with Crippen molar-refractivity contribution in [1.82, 2.24) is 0 Å². The van der Waals surface area contributed by atoms with Crippen molar-refractivity contribution >= 4 is 17.1 Å². The van der Waals surface area contributed by atoms with E-state index in [1.54, 1.807) is 0 Å². The maximum absolute atomic E-state index is 2.51. The number of rotatable bonds is 8. The molecule has 1 heteroatoms. The monoisotopic (exact) mass is 801 g/mol. The third-order valence-corrected chi connectivity index (χ3v) is 13.6. The van der Waals surface area contributed by atoms with Crippen molar-refractivity contribution < 1.29 is 0 Å². The van der Waals surface area contributed by atoms with Crippen molar-refractivity contribution in [3.63, 3.8) is 0 Å². The van der Waals surface area contributed by atoms with Crippen LogP contribution in [-0.4, -0.2) is 0 Å². The van der Waals surface area contributed by atoms with E-state index in [1.807, 2.05) is 0 Å². The zero-order valence-electron chi connectivity index (χ0n) is 34.8. The van der Waals surface area contributed by atoms with Crippen molar-refractivity contribution in [3.8, 4) is 33.4 Å². The first-order chi connectivity index (χ1) is 31.3. The summed E-state index contributed by atoms with van der Waals surface area (Å²) in [7, 11) is 0. The minimum Gasteiger partial charge on any atom is -0.310 e. The second kappa shape index (κ2) is 14.9. The number of para-hydroxylation sites is 2. The zero-order chi connectivity index (χ0) is 41.8. The van der Waals surface area contributed by atoms with E-state index in [1.165, 1.54) is 72.3 Å². The van der Waals surface area contributed by atoms with E-state index in [4.69, 9.17) is 0 Å². The zero-order valence-corrected chi connectivity index (χ0v) is 34.8. The maximum atomic E-state index is 2.51. The molecule has 12 rings (SSSR count). The molecule has 1 nitrogen and oxygen atoms in total. The third-order valence-electron chi connectivity index (χ3n) is 13.6. The molecule has 0 N–H and O–H groups in total. The molecule has 0 amide bonds. The van der Waals surface area contributed by atoms with E-state index < -0.39 is 10.8 Å². The van der Waals surface area contributed by atoms with E-state index in [-0.39, 0.29) is 0 Å². The van der Waals surface area contributed by atoms with Gasteiger partial charge in [0, 0.05) is 11.3 Å². The highest BCUT2D eigenvalue weighted by molar-refractivity contribution is 5.95. The predicted molar refractivity (Wildman–Crippen MR) is 261 cm³/mol. The van der Waals surface area contributed by atoms with Crippen LogP contribution in [0.5, 0.6) is 0 Å². The molecule has 0 aliphatic heterocycles. The summed E-state index contributed by atoms with van der Waals surface area (Å²) in [6.45, 7) is 0. The fraction of sp³-hybridized carbons (Fsp3) is 0.0323. The summed E-state index contributed by atoms with van der Waals surface area (Å²) >= 11 is 0. The van der Waals surface area contributed by atoms with Gasteiger partial charge < -0.3 is 4.90 Å². The van der Waals surface area contributed by atoms with E-state index in [2.05, 4.69) is 266 Å². The van der Waals surface area contributed by atoms with Crippen molar-refractivity contribution in [2.24, 2.45) is 0 Å². The number of benzene rings is 10. The Bertz CT molecular complexity index is 3270. The summed E-state index contributed by atoms with van der Waals surface area (Å²) in [6.07, 6.45) is 0. The molecular weight excluding hydrogens is 759 g/mol. The average Bonchev–Trinajstić information content (AvgIpc) is 3.68. The first-order valence-corrected chi connectivity index (χ1v) is 21.9. The Balaban J connectivity index is 1.21. The van der Waals surface area contributed by atoms with Crippen LogP contribution in [0.3, 0.4) is 0 Å². The summed E-state index contributed by atoms with van der Waals surface area (Å²) < 4.78 is 0. The van der Waals surface area contributed by atoms with Crippen LogP contribution >= 0.6 is 0 Å². The number of hydrogen-bond acceptors (Lipinski definition) is 1. The van der Waals surface area contributed by atoms with Gasteiger partial charge in [-0.1, -0.05) is 237 Å². The molecule has 0 heterocycles. The SMILES string of the molecule is c1ccc(-c2ccc(N(c3ccccc3-c3ccccc3)c3ccccc3C3(c4ccccc4)c4ccccc4C4(c5ccccc5)c5ccccc5-c5cccc3c54)cc2)cc1. The topological polar surface area (TPSA) is 3.24 Å². The Morgan fingerprint density at radius 2 is 0.667 bits per heavy atom. The fourth-order valence-electron chi connectivity index (χ4n) is 11.2. The second-order valence-corrected chi connectivity index (χ2v) is 16.7. The van der Waals surface area contributed by atoms with Gasteiger partial charge in [-0.05, 0) is 96.6 Å². The van der Waals surface area contributed by atoms with Gasteiger partial charge in [-0.2, -0.15) is 0 Å². The maximum Gasteiger partial charge on any atom is 0.0728 e. The fourth-order valence-corrected chi connectivity index (χ4v) is 11.2. The van der Waals surface area contributed by atoms with Gasteiger partial charge in [-0.3, -0.25) is 0 Å². The van der Waals surface area contributed by atoms with Gasteiger partial charge in [0.05, 0.1) is 22.2 Å². The molecule has 2 aliphatic carbocycles. The molecule has 63 heavy (non-hydrogen) atoms. The smallest absolute Gasteiger partial charge is 0.0728 e. The first kappa shape index (κ1) is 36.8. The van der Waals surface area contributed by atoms with Crippen LogP contribution in [-0.2, 0) is 10.8 Å². The Hall–Kier alpha value is -8.00. The molecule has 2 unspecified atom stereocenters. The molecule has 2 aliphatic rings. The van der Waals surface area contributed by atoms with E-state index in [0.717, 1.165) is 22.6 Å². The molecule has 0 fully saturated rings. The highest BCUT2D eigenvalue weighted by atomic mass is 15.1. The van der Waals surface area contributed by atoms with Crippen LogP contribution < -0.4 is 4.90 Å². The quantitative estimate of drug-likeness (QED) is 0.148. The summed E-state index contributed by atoms with van der Waals surface area (Å²) in [6, 6.07) is 96.7. The Morgan fingerprint density at radius 1 is 0.238 bits per heavy atom. The summed E-state index contributed by atoms with van der Waals surface area (Å²) in [5.74, 6) is 0. The standard InChI is InChI=1S/C62H43N/c1-5-22-44(23-6-1)45-40-42-49(43-41-45)63(58-38-19-14-30-50(58)46-24-7-2-8-25-46)59-39-20-18-36-56(59)61(47-26-9-3-10-27-47)54-34-16-17-35-55(54)62(48-28-11-4-12-29-48)53-33-15-13-31-51(53)52-32-21-37-57(61)60(52)62/h1-43H. The lowest BCUT2D eigenvalue weighted by atomic mass is 9.51. The van der Waals surface area contributed by atoms with Crippen molar-refractivity contribution in [2.45, 2.75) is 10.8 Å². The average molecular weight is 802 g/mol. The number of anilines is 3. The van der Waals surface area contributed by atoms with Crippen LogP contribution in [0.4, 0.5) is 17.1 Å². The molecule has 10 aromatic carbocycles. The van der Waals surface area contributed by atoms with Gasteiger partial charge in [0.25, 0.3) is 0 Å². The first-order valence-electron chi connectivity index (χ1n) is 21.9. The van der Waals surface area contributed by atoms with Crippen LogP contribution in [0, 0.1) is 0 Å². The normalized spacial score (nSPS) is 16.7. The molecule has 0 saturated carbocycles. The number of hydrogen-bond donors (Lipinski definition) is 0. The van der Waals surface area contributed by atoms with Gasteiger partial charge in [-0.25, -0.2) is 0 Å². The molecule has 2 atom stereocenters. The molecule has 296 valence electrons. The van der Waals surface area contributed by atoms with Gasteiger partial charge in [0.2, 0.25) is 0 Å². The van der Waals surface area contributed by atoms with Gasteiger partial charge >= 0.3 is 0 Å². The van der Waals surface area contributed by atoms with Crippen molar-refractivity contribution in [3.05, 3.63) is 305 Å². The molecule has 0 radical (unpaired) electrons. The van der Waals surface area contributed by atoms with Crippen molar-refractivity contribution in [2.75, 3.05) is 4.90 Å². The van der Waals surface area contributed by atoms with Crippen LogP contribution in [0.2, 0.25) is 0 Å². The van der Waals surface area contributed by atoms with Crippen LogP contribution in [0.15, 0.2) is 261 Å². The number of fused-ring (bicyclic) bond motifs is 5. The lowest BCUT2D eigenvalue weighted by Gasteiger charge is -2.50. The molecule has 0 aromatic heterocycles. The molecule has 0 saturated heterocycles. The van der Waals surface area contributed by atoms with E-state index in [0.29, 0.717) is 0 Å². The molecule has 0 bridgehead atoms. The summed E-state index contributed by atoms with van der Waals surface area (Å²) in [4.78, 5) is 2.51. The minimum absolute atomic E-state index is 0.527. The highest BCUT2D eigenvalue weighted by Gasteiger charge is 2.58. The lowest BCUT2D eigenvalue weighted by Crippen LogP contribution is -2.44. The third kappa shape index (κ3) is 5.43. The second-order valence-electron chi connectivity index (χ2n) is 16.7. The minimum atomic E-state index is -0.732. The molecule has 0 spiro atoms. The van der Waals surface area contributed by atoms with Gasteiger partial charge in [0.1, 0.15) is 0 Å². The van der Waals surface area contributed by atoms with Crippen molar-refractivity contribution in [1.29, 1.82) is 0 Å². The molecule has 10 aromatic rings. The summed E-state index contributed by atoms with van der Waals surface area (Å²) in [5.41, 5.74) is 19.7. The highest BCUT2D eigenvalue weighted by Crippen LogP contribution is 2.66.